The predicted octanol–water partition coefficient (Wildman–Crippen LogP) is 1.94. The van der Waals surface area contributed by atoms with E-state index in [1.165, 1.54) is 24.3 Å². The maximum atomic E-state index is 12.8. The molecule has 3 rings (SSSR count). The summed E-state index contributed by atoms with van der Waals surface area (Å²) in [6.45, 7) is 0.876. The normalized spacial score (nSPS) is 11.6. The monoisotopic (exact) mass is 496 g/mol. The molecular weight excluding hydrogens is 476 g/mol. The van der Waals surface area contributed by atoms with E-state index in [9.17, 15) is 18.0 Å². The Bertz CT molecular complexity index is 1250. The number of aromatic nitrogens is 1. The number of amides is 2. The van der Waals surface area contributed by atoms with Gasteiger partial charge in [-0.3, -0.25) is 9.59 Å². The molecule has 1 heterocycles. The number of nitrogens with two attached hydrogens (primary N) is 1. The summed E-state index contributed by atoms with van der Waals surface area (Å²) in [5, 5.41) is 11.8. The number of hydrogen-bond acceptors (Lipinski definition) is 8. The van der Waals surface area contributed by atoms with Gasteiger partial charge >= 0.3 is 0 Å². The Morgan fingerprint density at radius 2 is 1.88 bits per heavy atom. The van der Waals surface area contributed by atoms with E-state index in [-0.39, 0.29) is 33.5 Å². The average molecular weight is 497 g/mol. The number of primary amides is 1. The van der Waals surface area contributed by atoms with Crippen molar-refractivity contribution in [1.82, 2.24) is 10.3 Å². The maximum absolute atomic E-state index is 12.8. The molecule has 0 saturated carbocycles. The van der Waals surface area contributed by atoms with E-state index in [1.54, 1.807) is 18.2 Å². The number of benzene rings is 2. The third-order valence-corrected chi connectivity index (χ3v) is 7.75. The Hall–Kier alpha value is -2.57. The van der Waals surface area contributed by atoms with Crippen molar-refractivity contribution in [2.75, 3.05) is 29.9 Å². The van der Waals surface area contributed by atoms with Crippen molar-refractivity contribution in [3.63, 3.8) is 0 Å². The molecule has 0 saturated heterocycles. The molecule has 0 bridgehead atoms. The lowest BCUT2D eigenvalue weighted by Crippen LogP contribution is -2.25. The van der Waals surface area contributed by atoms with Crippen LogP contribution in [0.5, 0.6) is 0 Å². The summed E-state index contributed by atoms with van der Waals surface area (Å²) in [6, 6.07) is 10.5. The molecule has 0 aliphatic carbocycles. The quantitative estimate of drug-likeness (QED) is 0.287. The molecule has 32 heavy (non-hydrogen) atoms. The van der Waals surface area contributed by atoms with Crippen LogP contribution in [0.15, 0.2) is 47.4 Å². The molecule has 0 unspecified atom stereocenters. The van der Waals surface area contributed by atoms with E-state index in [1.807, 2.05) is 0 Å². The molecule has 2 aromatic carbocycles. The zero-order chi connectivity index (χ0) is 23.3. The Morgan fingerprint density at radius 1 is 1.16 bits per heavy atom. The first kappa shape index (κ1) is 24.1. The number of fused-ring (bicyclic) bond motifs is 1. The highest BCUT2D eigenvalue weighted by Gasteiger charge is 2.24. The van der Waals surface area contributed by atoms with Gasteiger partial charge in [0, 0.05) is 18.3 Å². The number of thiazole rings is 1. The highest BCUT2D eigenvalue weighted by atomic mass is 35.5. The summed E-state index contributed by atoms with van der Waals surface area (Å²) in [6.07, 6.45) is 0.400. The van der Waals surface area contributed by atoms with Gasteiger partial charge in [-0.25, -0.2) is 13.4 Å². The lowest BCUT2D eigenvalue weighted by atomic mass is 10.1. The van der Waals surface area contributed by atoms with Crippen LogP contribution in [0, 0.1) is 0 Å². The topological polar surface area (TPSA) is 143 Å². The van der Waals surface area contributed by atoms with E-state index in [0.717, 1.165) is 15.8 Å². The lowest BCUT2D eigenvalue weighted by molar-refractivity contribution is 0.0970. The molecule has 0 spiro atoms. The molecule has 0 radical (unpaired) electrons. The maximum Gasteiger partial charge on any atom is 0.275 e. The van der Waals surface area contributed by atoms with Crippen molar-refractivity contribution in [1.29, 1.82) is 0 Å². The molecule has 1 aromatic heterocycles. The molecule has 0 fully saturated rings. The van der Waals surface area contributed by atoms with E-state index < -0.39 is 21.7 Å². The van der Waals surface area contributed by atoms with Crippen molar-refractivity contribution in [2.24, 2.45) is 5.73 Å². The van der Waals surface area contributed by atoms with Crippen LogP contribution < -0.4 is 15.5 Å². The Morgan fingerprint density at radius 3 is 2.56 bits per heavy atom. The molecule has 9 nitrogen and oxygen atoms in total. The van der Waals surface area contributed by atoms with Gasteiger partial charge in [-0.2, -0.15) is 4.42 Å². The van der Waals surface area contributed by atoms with Gasteiger partial charge in [-0.1, -0.05) is 23.5 Å². The van der Waals surface area contributed by atoms with Crippen LogP contribution in [0.25, 0.3) is 10.2 Å². The van der Waals surface area contributed by atoms with Gasteiger partial charge in [0.2, 0.25) is 11.0 Å². The van der Waals surface area contributed by atoms with Gasteiger partial charge in [0.05, 0.1) is 38.6 Å². The number of halogens is 1. The number of carbonyl (C=O) groups is 2. The summed E-state index contributed by atoms with van der Waals surface area (Å²) in [5.41, 5.74) is 5.88. The molecule has 0 aliphatic heterocycles. The van der Waals surface area contributed by atoms with E-state index in [4.69, 9.17) is 22.6 Å². The number of carbonyl (C=O) groups excluding carboxylic acids is 2. The third-order valence-electron chi connectivity index (χ3n) is 4.53. The molecule has 4 N–H and O–H groups in total. The van der Waals surface area contributed by atoms with Crippen LogP contribution in [0.2, 0.25) is 0 Å². The van der Waals surface area contributed by atoms with Gasteiger partial charge < -0.3 is 16.2 Å². The number of hydrogen-bond donors (Lipinski definition) is 3. The number of aliphatic hydroxyl groups is 1. The standard InChI is InChI=1S/C20H21ClN4O5S2/c21-25(19(28)15-5-2-1-4-14(15)18(22)27)20-24-16-7-6-13(12-17(16)31-20)32(29,30)11-3-8-23-9-10-26/h1-2,4-7,12,23,26H,3,8-11H2,(H2,22,27). The van der Waals surface area contributed by atoms with Crippen molar-refractivity contribution in [2.45, 2.75) is 11.3 Å². The second-order valence-corrected chi connectivity index (χ2v) is 10.2. The number of nitrogens with one attached hydrogen (secondary N) is 1. The first-order valence-corrected chi connectivity index (χ1v) is 12.4. The zero-order valence-electron chi connectivity index (χ0n) is 16.8. The molecular formula is C20H21ClN4O5S2. The Labute approximate surface area is 193 Å². The smallest absolute Gasteiger partial charge is 0.275 e. The fourth-order valence-electron chi connectivity index (χ4n) is 2.96. The Balaban J connectivity index is 1.81. The Kier molecular flexibility index (Phi) is 7.80. The van der Waals surface area contributed by atoms with Crippen LogP contribution in [0.4, 0.5) is 5.13 Å². The summed E-state index contributed by atoms with van der Waals surface area (Å²) in [4.78, 5) is 28.9. The highest BCUT2D eigenvalue weighted by molar-refractivity contribution is 7.91. The number of sulfone groups is 1. The van der Waals surface area contributed by atoms with Gasteiger partial charge in [-0.05, 0) is 43.3 Å². The zero-order valence-corrected chi connectivity index (χ0v) is 19.2. The van der Waals surface area contributed by atoms with Gasteiger partial charge in [0.1, 0.15) is 0 Å². The van der Waals surface area contributed by atoms with Gasteiger partial charge in [0.25, 0.3) is 5.91 Å². The van der Waals surface area contributed by atoms with E-state index in [0.29, 0.717) is 29.7 Å². The summed E-state index contributed by atoms with van der Waals surface area (Å²) >= 11 is 7.26. The van der Waals surface area contributed by atoms with Crippen molar-refractivity contribution >= 4 is 60.1 Å². The first-order chi connectivity index (χ1) is 15.2. The summed E-state index contributed by atoms with van der Waals surface area (Å²) < 4.78 is 26.6. The fourth-order valence-corrected chi connectivity index (χ4v) is 5.50. The van der Waals surface area contributed by atoms with Crippen LogP contribution >= 0.6 is 23.1 Å². The predicted molar refractivity (Wildman–Crippen MR) is 124 cm³/mol. The second-order valence-electron chi connectivity index (χ2n) is 6.77. The highest BCUT2D eigenvalue weighted by Crippen LogP contribution is 2.33. The first-order valence-electron chi connectivity index (χ1n) is 9.58. The second kappa shape index (κ2) is 10.4. The van der Waals surface area contributed by atoms with Crippen molar-refractivity contribution < 1.29 is 23.1 Å². The molecule has 2 amide bonds. The molecule has 0 atom stereocenters. The molecule has 170 valence electrons. The summed E-state index contributed by atoms with van der Waals surface area (Å²) in [7, 11) is -3.51. The minimum absolute atomic E-state index is 0.00860. The lowest BCUT2D eigenvalue weighted by Gasteiger charge is -2.12. The number of anilines is 1. The fraction of sp³-hybridized carbons (Fsp3) is 0.250. The van der Waals surface area contributed by atoms with E-state index in [2.05, 4.69) is 10.3 Å². The van der Waals surface area contributed by atoms with Crippen LogP contribution in [0.1, 0.15) is 27.1 Å². The molecule has 0 aliphatic rings. The minimum Gasteiger partial charge on any atom is -0.395 e. The van der Waals surface area contributed by atoms with Crippen LogP contribution in [-0.4, -0.2) is 55.8 Å². The summed E-state index contributed by atoms with van der Waals surface area (Å²) in [5.74, 6) is -1.49. The number of rotatable bonds is 10. The molecule has 3 aromatic rings. The van der Waals surface area contributed by atoms with Crippen LogP contribution in [-0.2, 0) is 9.84 Å². The average Bonchev–Trinajstić information content (AvgIpc) is 3.21. The van der Waals surface area contributed by atoms with Crippen LogP contribution in [0.3, 0.4) is 0 Å². The number of aliphatic hydroxyl groups excluding tert-OH is 1. The van der Waals surface area contributed by atoms with Gasteiger partial charge in [-0.15, -0.1) is 0 Å². The van der Waals surface area contributed by atoms with E-state index >= 15 is 0 Å². The van der Waals surface area contributed by atoms with Gasteiger partial charge in [0.15, 0.2) is 9.84 Å². The molecule has 12 heteroatoms. The van der Waals surface area contributed by atoms with Crippen molar-refractivity contribution in [3.05, 3.63) is 53.6 Å². The largest absolute Gasteiger partial charge is 0.395 e. The SMILES string of the molecule is NC(=O)c1ccccc1C(=O)N(Cl)c1nc2ccc(S(=O)(=O)CCCNCCO)cc2s1. The van der Waals surface area contributed by atoms with Crippen molar-refractivity contribution in [3.8, 4) is 0 Å². The number of nitrogens with zero attached hydrogens (tertiary/aromatic N) is 2. The third kappa shape index (κ3) is 5.43. The minimum atomic E-state index is -3.51.